The van der Waals surface area contributed by atoms with E-state index in [2.05, 4.69) is 34.1 Å². The van der Waals surface area contributed by atoms with Crippen LogP contribution in [0.1, 0.15) is 23.1 Å². The van der Waals surface area contributed by atoms with Crippen LogP contribution in [0.2, 0.25) is 0 Å². The molecule has 0 unspecified atom stereocenters. The fourth-order valence-corrected chi connectivity index (χ4v) is 2.85. The first-order valence-electron chi connectivity index (χ1n) is 6.25. The number of nitriles is 1. The molecule has 0 amide bonds. The number of halogens is 1. The summed E-state index contributed by atoms with van der Waals surface area (Å²) in [5.74, 6) is 1.59. The maximum Gasteiger partial charge on any atom is 0.141 e. The third kappa shape index (κ3) is 2.50. The lowest BCUT2D eigenvalue weighted by Crippen LogP contribution is -1.89. The Kier molecular flexibility index (Phi) is 3.27. The Bertz CT molecular complexity index is 673. The molecule has 2 nitrogen and oxygen atoms in total. The van der Waals surface area contributed by atoms with Crippen molar-refractivity contribution in [1.82, 2.24) is 0 Å². The largest absolute Gasteiger partial charge is 0.456 e. The van der Waals surface area contributed by atoms with Gasteiger partial charge in [0.2, 0.25) is 0 Å². The molecule has 0 spiro atoms. The molecule has 0 N–H and O–H groups in total. The Hall–Kier alpha value is -1.79. The van der Waals surface area contributed by atoms with Crippen molar-refractivity contribution < 1.29 is 4.74 Å². The van der Waals surface area contributed by atoms with Crippen LogP contribution in [0.15, 0.2) is 40.9 Å². The number of nitrogens with zero attached hydrogens (tertiary/aromatic N) is 1. The van der Waals surface area contributed by atoms with E-state index >= 15 is 0 Å². The lowest BCUT2D eigenvalue weighted by atomic mass is 10.1. The Balaban J connectivity index is 1.87. The van der Waals surface area contributed by atoms with Crippen LogP contribution in [0.3, 0.4) is 0 Å². The zero-order valence-electron chi connectivity index (χ0n) is 10.3. The van der Waals surface area contributed by atoms with Gasteiger partial charge in [0.05, 0.1) is 16.1 Å². The molecule has 0 bridgehead atoms. The van der Waals surface area contributed by atoms with Gasteiger partial charge < -0.3 is 4.74 Å². The van der Waals surface area contributed by atoms with Crippen molar-refractivity contribution >= 4 is 15.9 Å². The van der Waals surface area contributed by atoms with E-state index in [9.17, 15) is 0 Å². The molecule has 0 aliphatic heterocycles. The van der Waals surface area contributed by atoms with Crippen LogP contribution in [-0.4, -0.2) is 0 Å². The normalized spacial score (nSPS) is 12.8. The summed E-state index contributed by atoms with van der Waals surface area (Å²) in [5, 5.41) is 8.84. The molecular formula is C16H12BrNO. The lowest BCUT2D eigenvalue weighted by Gasteiger charge is -2.09. The second-order valence-corrected chi connectivity index (χ2v) is 5.50. The second-order valence-electron chi connectivity index (χ2n) is 4.64. The molecule has 0 fully saturated rings. The molecule has 1 aliphatic rings. The van der Waals surface area contributed by atoms with E-state index in [0.717, 1.165) is 22.4 Å². The summed E-state index contributed by atoms with van der Waals surface area (Å²) in [5.41, 5.74) is 3.45. The Morgan fingerprint density at radius 1 is 1.05 bits per heavy atom. The van der Waals surface area contributed by atoms with Crippen LogP contribution >= 0.6 is 15.9 Å². The van der Waals surface area contributed by atoms with Gasteiger partial charge in [0, 0.05) is 0 Å². The van der Waals surface area contributed by atoms with Crippen LogP contribution < -0.4 is 4.74 Å². The van der Waals surface area contributed by atoms with Crippen LogP contribution in [0.4, 0.5) is 0 Å². The quantitative estimate of drug-likeness (QED) is 0.811. The topological polar surface area (TPSA) is 33.0 Å². The minimum absolute atomic E-state index is 0.619. The summed E-state index contributed by atoms with van der Waals surface area (Å²) >= 11 is 3.43. The minimum atomic E-state index is 0.619. The average Bonchev–Trinajstić information content (AvgIpc) is 2.88. The number of hydrogen-bond donors (Lipinski definition) is 0. The van der Waals surface area contributed by atoms with Crippen molar-refractivity contribution in [2.75, 3.05) is 0 Å². The summed E-state index contributed by atoms with van der Waals surface area (Å²) in [6.45, 7) is 0. The van der Waals surface area contributed by atoms with E-state index in [1.54, 1.807) is 12.1 Å². The smallest absolute Gasteiger partial charge is 0.141 e. The number of aryl methyl sites for hydroxylation is 2. The highest BCUT2D eigenvalue weighted by Gasteiger charge is 2.12. The van der Waals surface area contributed by atoms with Gasteiger partial charge in [-0.05, 0) is 76.7 Å². The fraction of sp³-hybridized carbons (Fsp3) is 0.188. The molecule has 2 aromatic carbocycles. The van der Waals surface area contributed by atoms with Gasteiger partial charge in [0.25, 0.3) is 0 Å². The van der Waals surface area contributed by atoms with Crippen molar-refractivity contribution in [3.8, 4) is 17.6 Å². The fourth-order valence-electron chi connectivity index (χ4n) is 2.39. The highest BCUT2D eigenvalue weighted by molar-refractivity contribution is 9.10. The van der Waals surface area contributed by atoms with Gasteiger partial charge in [-0.2, -0.15) is 5.26 Å². The van der Waals surface area contributed by atoms with Gasteiger partial charge in [-0.1, -0.05) is 6.07 Å². The van der Waals surface area contributed by atoms with Crippen LogP contribution in [0, 0.1) is 11.3 Å². The van der Waals surface area contributed by atoms with Gasteiger partial charge >= 0.3 is 0 Å². The van der Waals surface area contributed by atoms with Crippen LogP contribution in [0.5, 0.6) is 11.5 Å². The Labute approximate surface area is 120 Å². The van der Waals surface area contributed by atoms with Gasteiger partial charge in [-0.15, -0.1) is 0 Å². The lowest BCUT2D eigenvalue weighted by molar-refractivity contribution is 0.479. The number of benzene rings is 2. The summed E-state index contributed by atoms with van der Waals surface area (Å²) < 4.78 is 6.68. The van der Waals surface area contributed by atoms with Gasteiger partial charge in [-0.25, -0.2) is 0 Å². The van der Waals surface area contributed by atoms with Gasteiger partial charge in [0.15, 0.2) is 0 Å². The van der Waals surface area contributed by atoms with Crippen molar-refractivity contribution in [2.24, 2.45) is 0 Å². The Morgan fingerprint density at radius 3 is 2.68 bits per heavy atom. The molecule has 0 saturated heterocycles. The third-order valence-corrected chi connectivity index (χ3v) is 3.98. The van der Waals surface area contributed by atoms with E-state index in [1.165, 1.54) is 24.0 Å². The van der Waals surface area contributed by atoms with Crippen molar-refractivity contribution in [3.05, 3.63) is 57.6 Å². The second kappa shape index (κ2) is 5.07. The SMILES string of the molecule is N#Cc1ccc(Oc2ccc3c(c2)CCC3)c(Br)c1. The number of hydrogen-bond acceptors (Lipinski definition) is 2. The summed E-state index contributed by atoms with van der Waals surface area (Å²) in [7, 11) is 0. The van der Waals surface area contributed by atoms with Gasteiger partial charge in [-0.3, -0.25) is 0 Å². The van der Waals surface area contributed by atoms with E-state index in [0.29, 0.717) is 5.56 Å². The maximum atomic E-state index is 8.84. The molecule has 1 aliphatic carbocycles. The van der Waals surface area contributed by atoms with E-state index < -0.39 is 0 Å². The molecule has 0 heterocycles. The van der Waals surface area contributed by atoms with Gasteiger partial charge in [0.1, 0.15) is 11.5 Å². The molecule has 94 valence electrons. The third-order valence-electron chi connectivity index (χ3n) is 3.36. The molecule has 3 rings (SSSR count). The monoisotopic (exact) mass is 313 g/mol. The molecule has 0 saturated carbocycles. The number of fused-ring (bicyclic) bond motifs is 1. The number of ether oxygens (including phenoxy) is 1. The first-order valence-corrected chi connectivity index (χ1v) is 7.05. The van der Waals surface area contributed by atoms with Crippen molar-refractivity contribution in [1.29, 1.82) is 5.26 Å². The predicted molar refractivity (Wildman–Crippen MR) is 77.4 cm³/mol. The van der Waals surface area contributed by atoms with Crippen LogP contribution in [-0.2, 0) is 12.8 Å². The zero-order chi connectivity index (χ0) is 13.2. The summed E-state index contributed by atoms with van der Waals surface area (Å²) in [4.78, 5) is 0. The van der Waals surface area contributed by atoms with E-state index in [-0.39, 0.29) is 0 Å². The first kappa shape index (κ1) is 12.3. The zero-order valence-corrected chi connectivity index (χ0v) is 11.9. The molecule has 0 atom stereocenters. The maximum absolute atomic E-state index is 8.84. The minimum Gasteiger partial charge on any atom is -0.456 e. The highest BCUT2D eigenvalue weighted by Crippen LogP contribution is 2.33. The Morgan fingerprint density at radius 2 is 1.89 bits per heavy atom. The summed E-state index contributed by atoms with van der Waals surface area (Å²) in [6, 6.07) is 13.7. The van der Waals surface area contributed by atoms with Crippen LogP contribution in [0.25, 0.3) is 0 Å². The molecule has 2 aromatic rings. The highest BCUT2D eigenvalue weighted by atomic mass is 79.9. The summed E-state index contributed by atoms with van der Waals surface area (Å²) in [6.07, 6.45) is 3.55. The average molecular weight is 314 g/mol. The molecule has 3 heteroatoms. The first-order chi connectivity index (χ1) is 9.26. The standard InChI is InChI=1S/C16H12BrNO/c17-15-8-11(10-18)4-7-16(15)19-14-6-5-12-2-1-3-13(12)9-14/h4-9H,1-3H2. The van der Waals surface area contributed by atoms with Crippen molar-refractivity contribution in [3.63, 3.8) is 0 Å². The van der Waals surface area contributed by atoms with Crippen molar-refractivity contribution in [2.45, 2.75) is 19.3 Å². The molecule has 0 radical (unpaired) electrons. The predicted octanol–water partition coefficient (Wildman–Crippen LogP) is 4.60. The van der Waals surface area contributed by atoms with E-state index in [1.807, 2.05) is 12.1 Å². The molecule has 19 heavy (non-hydrogen) atoms. The number of rotatable bonds is 2. The molecule has 0 aromatic heterocycles. The molecular weight excluding hydrogens is 302 g/mol. The van der Waals surface area contributed by atoms with E-state index in [4.69, 9.17) is 10.00 Å².